The van der Waals surface area contributed by atoms with E-state index in [0.29, 0.717) is 13.2 Å². The van der Waals surface area contributed by atoms with Crippen LogP contribution in [0.2, 0.25) is 0 Å². The molecule has 206 valence electrons. The second kappa shape index (κ2) is 11.8. The third kappa shape index (κ3) is 5.65. The van der Waals surface area contributed by atoms with Crippen molar-refractivity contribution in [2.24, 2.45) is 0 Å². The molecule has 1 aliphatic rings. The summed E-state index contributed by atoms with van der Waals surface area (Å²) in [5, 5.41) is 0. The average molecular weight is 656 g/mol. The van der Waals surface area contributed by atoms with E-state index in [-0.39, 0.29) is 39.4 Å². The molecule has 0 unspecified atom stereocenters. The Balaban J connectivity index is 0.00000176. The first-order valence-electron chi connectivity index (χ1n) is 13.1. The molecule has 1 aliphatic heterocycles. The van der Waals surface area contributed by atoms with E-state index in [9.17, 15) is 0 Å². The number of methoxy groups -OCH3 is 1. The first kappa shape index (κ1) is 29.3. The van der Waals surface area contributed by atoms with Crippen LogP contribution in [0.1, 0.15) is 37.5 Å². The van der Waals surface area contributed by atoms with E-state index in [1.165, 1.54) is 38.8 Å². The molecule has 5 aromatic rings. The molecule has 0 saturated heterocycles. The Labute approximate surface area is 251 Å². The number of ether oxygens (including phenoxy) is 2. The summed E-state index contributed by atoms with van der Waals surface area (Å²) in [6, 6.07) is 21.9. The number of imidazole rings is 2. The van der Waals surface area contributed by atoms with Gasteiger partial charge in [-0.3, -0.25) is 0 Å². The first-order chi connectivity index (χ1) is 17.9. The van der Waals surface area contributed by atoms with Gasteiger partial charge in [0, 0.05) is 11.1 Å². The van der Waals surface area contributed by atoms with Crippen LogP contribution >= 0.6 is 0 Å². The lowest BCUT2D eigenvalue weighted by Crippen LogP contribution is -3.00. The number of nitrogens with zero attached hydrogens (tertiary/aromatic N) is 4. The number of hydrogen-bond donors (Lipinski definition) is 0. The highest BCUT2D eigenvalue weighted by Crippen LogP contribution is 2.32. The third-order valence-electron chi connectivity index (χ3n) is 7.51. The molecule has 3 heterocycles. The Kier molecular flexibility index (Phi) is 8.88. The standard InChI is InChI=1S/C31H36N4O2.2BrH/c1-31(2,3)25-17-23-19-34-21-32(26-9-5-7-11-28(26)34)13-15-37-16-14-33-22-35(20-24(18-25)30(23)36-4)29-12-8-6-10-27(29)33;;/h5-12,17-18,21-22H,13-16,19-20H2,1-4H3;2*1H/q+2;;/p-2. The second-order valence-electron chi connectivity index (χ2n) is 11.0. The maximum absolute atomic E-state index is 6.15. The molecule has 8 heteroatoms. The summed E-state index contributed by atoms with van der Waals surface area (Å²) in [6.45, 7) is 11.3. The van der Waals surface area contributed by atoms with E-state index in [0.717, 1.165) is 31.9 Å². The zero-order valence-electron chi connectivity index (χ0n) is 23.0. The number of aromatic nitrogens is 4. The Morgan fingerprint density at radius 3 is 1.64 bits per heavy atom. The van der Waals surface area contributed by atoms with Crippen LogP contribution in [0.25, 0.3) is 22.1 Å². The minimum Gasteiger partial charge on any atom is -1.00 e. The molecule has 39 heavy (non-hydrogen) atoms. The normalized spacial score (nSPS) is 14.1. The molecule has 0 spiro atoms. The van der Waals surface area contributed by atoms with Crippen molar-refractivity contribution in [2.45, 2.75) is 52.4 Å². The molecule has 0 N–H and O–H groups in total. The molecule has 2 aromatic heterocycles. The molecule has 0 saturated carbocycles. The van der Waals surface area contributed by atoms with Gasteiger partial charge < -0.3 is 43.4 Å². The summed E-state index contributed by atoms with van der Waals surface area (Å²) in [5.74, 6) is 0.970. The highest BCUT2D eigenvalue weighted by Gasteiger charge is 2.25. The fourth-order valence-corrected chi connectivity index (χ4v) is 5.57. The number of fused-ring (bicyclic) bond motifs is 12. The van der Waals surface area contributed by atoms with E-state index >= 15 is 0 Å². The van der Waals surface area contributed by atoms with Crippen LogP contribution < -0.4 is 47.8 Å². The monoisotopic (exact) mass is 654 g/mol. The van der Waals surface area contributed by atoms with Crippen LogP contribution in [0.4, 0.5) is 0 Å². The van der Waals surface area contributed by atoms with Gasteiger partial charge >= 0.3 is 0 Å². The van der Waals surface area contributed by atoms with E-state index in [1.54, 1.807) is 7.11 Å². The van der Waals surface area contributed by atoms with Crippen molar-refractivity contribution >= 4 is 22.1 Å². The van der Waals surface area contributed by atoms with Gasteiger partial charge in [0.1, 0.15) is 31.9 Å². The Bertz CT molecular complexity index is 1490. The van der Waals surface area contributed by atoms with Gasteiger partial charge in [-0.15, -0.1) is 0 Å². The van der Waals surface area contributed by atoms with Gasteiger partial charge in [0.2, 0.25) is 12.7 Å². The van der Waals surface area contributed by atoms with Crippen LogP contribution in [0.3, 0.4) is 0 Å². The van der Waals surface area contributed by atoms with Crippen LogP contribution in [0, 0.1) is 0 Å². The average Bonchev–Trinajstić information content (AvgIpc) is 3.41. The van der Waals surface area contributed by atoms with Crippen LogP contribution in [-0.4, -0.2) is 29.5 Å². The summed E-state index contributed by atoms with van der Waals surface area (Å²) >= 11 is 0. The van der Waals surface area contributed by atoms with Crippen molar-refractivity contribution in [1.82, 2.24) is 9.13 Å². The zero-order chi connectivity index (χ0) is 25.6. The summed E-state index contributed by atoms with van der Waals surface area (Å²) in [4.78, 5) is 0. The topological polar surface area (TPSA) is 36.1 Å². The zero-order valence-corrected chi connectivity index (χ0v) is 26.2. The van der Waals surface area contributed by atoms with Crippen molar-refractivity contribution in [3.8, 4) is 5.75 Å². The molecule has 6 nitrogen and oxygen atoms in total. The number of halogens is 2. The molecule has 0 fully saturated rings. The second-order valence-corrected chi connectivity index (χ2v) is 11.0. The van der Waals surface area contributed by atoms with Gasteiger partial charge in [-0.2, -0.15) is 0 Å². The van der Waals surface area contributed by atoms with Gasteiger partial charge in [-0.05, 0) is 47.4 Å². The lowest BCUT2D eigenvalue weighted by Gasteiger charge is -2.23. The molecule has 3 aromatic carbocycles. The largest absolute Gasteiger partial charge is 1.00 e. The first-order valence-corrected chi connectivity index (χ1v) is 13.1. The molecule has 0 aliphatic carbocycles. The number of benzene rings is 3. The van der Waals surface area contributed by atoms with Crippen LogP contribution in [-0.2, 0) is 36.3 Å². The van der Waals surface area contributed by atoms with Gasteiger partial charge in [0.15, 0.2) is 22.1 Å². The fourth-order valence-electron chi connectivity index (χ4n) is 5.57. The molecule has 0 amide bonds. The molecule has 0 atom stereocenters. The minimum absolute atomic E-state index is 0. The van der Waals surface area contributed by atoms with Crippen LogP contribution in [0.5, 0.6) is 5.75 Å². The predicted octanol–water partition coefficient (Wildman–Crippen LogP) is -1.39. The highest BCUT2D eigenvalue weighted by molar-refractivity contribution is 5.72. The summed E-state index contributed by atoms with van der Waals surface area (Å²) < 4.78 is 21.6. The number of rotatable bonds is 1. The quantitative estimate of drug-likeness (QED) is 0.209. The number of hydrogen-bond acceptors (Lipinski definition) is 2. The predicted molar refractivity (Wildman–Crippen MR) is 145 cm³/mol. The van der Waals surface area contributed by atoms with E-state index < -0.39 is 0 Å². The summed E-state index contributed by atoms with van der Waals surface area (Å²) in [5.41, 5.74) is 8.61. The molecule has 6 bridgehead atoms. The van der Waals surface area contributed by atoms with Gasteiger partial charge in [0.25, 0.3) is 0 Å². The van der Waals surface area contributed by atoms with E-state index in [2.05, 4.69) is 112 Å². The Morgan fingerprint density at radius 2 is 1.21 bits per heavy atom. The van der Waals surface area contributed by atoms with Crippen LogP contribution in [0.15, 0.2) is 73.3 Å². The van der Waals surface area contributed by atoms with Crippen molar-refractivity contribution in [1.29, 1.82) is 0 Å². The van der Waals surface area contributed by atoms with Gasteiger partial charge in [0.05, 0.1) is 20.3 Å². The summed E-state index contributed by atoms with van der Waals surface area (Å²) in [6.07, 6.45) is 4.45. The Hall–Kier alpha value is -2.68. The molecule has 6 rings (SSSR count). The van der Waals surface area contributed by atoms with Gasteiger partial charge in [-0.25, -0.2) is 18.3 Å². The Morgan fingerprint density at radius 1 is 0.744 bits per heavy atom. The molecular formula is C31H36Br2N4O2. The van der Waals surface area contributed by atoms with E-state index in [1.807, 2.05) is 0 Å². The smallest absolute Gasteiger partial charge is 0.245 e. The fraction of sp³-hybridized carbons (Fsp3) is 0.355. The van der Waals surface area contributed by atoms with Crippen molar-refractivity contribution in [3.63, 3.8) is 0 Å². The lowest BCUT2D eigenvalue weighted by molar-refractivity contribution is -0.664. The third-order valence-corrected chi connectivity index (χ3v) is 7.51. The van der Waals surface area contributed by atoms with Crippen molar-refractivity contribution < 1.29 is 52.6 Å². The van der Waals surface area contributed by atoms with Gasteiger partial charge in [-0.1, -0.05) is 45.0 Å². The lowest BCUT2D eigenvalue weighted by atomic mass is 9.84. The van der Waals surface area contributed by atoms with Crippen molar-refractivity contribution in [2.75, 3.05) is 20.3 Å². The molecule has 0 radical (unpaired) electrons. The highest BCUT2D eigenvalue weighted by atomic mass is 79.9. The maximum Gasteiger partial charge on any atom is 0.245 e. The number of para-hydroxylation sites is 4. The van der Waals surface area contributed by atoms with E-state index in [4.69, 9.17) is 9.47 Å². The maximum atomic E-state index is 6.15. The summed E-state index contributed by atoms with van der Waals surface area (Å²) in [7, 11) is 1.80. The minimum atomic E-state index is 0. The van der Waals surface area contributed by atoms with Crippen molar-refractivity contribution in [3.05, 3.63) is 90.0 Å². The SMILES string of the molecule is COc1c2cc(C(C)(C)C)cc1C[n+]1cn(c3ccccc31)CCOCCn1c[n+](c3ccccc31)C2.[Br-].[Br-]. The molecular weight excluding hydrogens is 620 g/mol.